The van der Waals surface area contributed by atoms with E-state index in [2.05, 4.69) is 67.2 Å². The Hall–Kier alpha value is -3.67. The van der Waals surface area contributed by atoms with Gasteiger partial charge in [0.1, 0.15) is 11.0 Å². The Morgan fingerprint density at radius 3 is 2.06 bits per heavy atom. The molecule has 0 aliphatic heterocycles. The van der Waals surface area contributed by atoms with E-state index in [-0.39, 0.29) is 11.3 Å². The van der Waals surface area contributed by atoms with Crippen molar-refractivity contribution < 1.29 is 4.79 Å². The number of fused-ring (bicyclic) bond motifs is 1. The maximum Gasteiger partial charge on any atom is 0.255 e. The van der Waals surface area contributed by atoms with Gasteiger partial charge in [-0.3, -0.25) is 4.79 Å². The minimum atomic E-state index is -0.137. The van der Waals surface area contributed by atoms with Gasteiger partial charge < -0.3 is 10.2 Å². The van der Waals surface area contributed by atoms with E-state index in [1.165, 1.54) is 11.3 Å². The van der Waals surface area contributed by atoms with E-state index >= 15 is 0 Å². The van der Waals surface area contributed by atoms with Crippen molar-refractivity contribution in [2.45, 2.75) is 47.0 Å². The molecule has 1 amide bonds. The highest BCUT2D eigenvalue weighted by Gasteiger charge is 2.16. The molecule has 0 saturated carbocycles. The van der Waals surface area contributed by atoms with Crippen molar-refractivity contribution in [3.05, 3.63) is 77.4 Å². The summed E-state index contributed by atoms with van der Waals surface area (Å²) in [5.74, 6) is -0.137. The van der Waals surface area contributed by atoms with Gasteiger partial charge in [-0.15, -0.1) is 10.2 Å². The average Bonchev–Trinajstić information content (AvgIpc) is 3.22. The summed E-state index contributed by atoms with van der Waals surface area (Å²) in [4.78, 5) is 16.8. The van der Waals surface area contributed by atoms with Crippen molar-refractivity contribution in [3.8, 4) is 5.69 Å². The van der Waals surface area contributed by atoms with Crippen LogP contribution in [0.4, 0.5) is 11.4 Å². The van der Waals surface area contributed by atoms with Crippen LogP contribution >= 0.6 is 0 Å². The van der Waals surface area contributed by atoms with Crippen LogP contribution in [-0.4, -0.2) is 34.0 Å². The summed E-state index contributed by atoms with van der Waals surface area (Å²) in [7, 11) is 0. The molecule has 0 fully saturated rings. The zero-order valence-electron chi connectivity index (χ0n) is 20.9. The lowest BCUT2D eigenvalue weighted by Crippen LogP contribution is -2.21. The molecule has 34 heavy (non-hydrogen) atoms. The summed E-state index contributed by atoms with van der Waals surface area (Å²) in [6.07, 6.45) is 0. The molecule has 0 aliphatic carbocycles. The van der Waals surface area contributed by atoms with Gasteiger partial charge in [0.05, 0.1) is 5.69 Å². The first-order valence-electron chi connectivity index (χ1n) is 11.8. The number of hydrogen-bond donors (Lipinski definition) is 1. The molecule has 176 valence electrons. The molecule has 4 aromatic rings. The standard InChI is InChI=1S/C28H33N5O/c1-7-32(8-2)22-13-15-23(16-14-22)33-30-25-17-19(3)24(18-26(25)31-33)29-27(34)20-9-11-21(12-10-20)28(4,5)6/h9-18H,7-8H2,1-6H3,(H,29,34). The van der Waals surface area contributed by atoms with Crippen LogP contribution < -0.4 is 10.2 Å². The van der Waals surface area contributed by atoms with E-state index < -0.39 is 0 Å². The maximum atomic E-state index is 12.9. The third-order valence-electron chi connectivity index (χ3n) is 6.20. The number of aromatic nitrogens is 3. The van der Waals surface area contributed by atoms with Crippen LogP contribution in [0.1, 0.15) is 56.1 Å². The van der Waals surface area contributed by atoms with Crippen LogP contribution in [0.15, 0.2) is 60.7 Å². The van der Waals surface area contributed by atoms with E-state index in [1.54, 1.807) is 4.80 Å². The number of benzene rings is 3. The third-order valence-corrected chi connectivity index (χ3v) is 6.20. The molecule has 0 saturated heterocycles. The summed E-state index contributed by atoms with van der Waals surface area (Å²) < 4.78 is 0. The van der Waals surface area contributed by atoms with Gasteiger partial charge in [0.25, 0.3) is 5.91 Å². The number of nitrogens with one attached hydrogen (secondary N) is 1. The second kappa shape index (κ2) is 9.29. The fourth-order valence-electron chi connectivity index (χ4n) is 4.02. The average molecular weight is 456 g/mol. The van der Waals surface area contributed by atoms with E-state index in [1.807, 2.05) is 55.5 Å². The summed E-state index contributed by atoms with van der Waals surface area (Å²) in [6, 6.07) is 19.9. The fourth-order valence-corrected chi connectivity index (χ4v) is 4.02. The van der Waals surface area contributed by atoms with Gasteiger partial charge in [0, 0.05) is 30.0 Å². The van der Waals surface area contributed by atoms with Crippen LogP contribution in [0.3, 0.4) is 0 Å². The Kier molecular flexibility index (Phi) is 6.42. The van der Waals surface area contributed by atoms with Gasteiger partial charge in [0.2, 0.25) is 0 Å². The molecule has 0 bridgehead atoms. The van der Waals surface area contributed by atoms with Crippen LogP contribution in [0.2, 0.25) is 0 Å². The number of aryl methyl sites for hydroxylation is 1. The smallest absolute Gasteiger partial charge is 0.255 e. The summed E-state index contributed by atoms with van der Waals surface area (Å²) in [5.41, 5.74) is 7.16. The molecule has 0 radical (unpaired) electrons. The van der Waals surface area contributed by atoms with Gasteiger partial charge in [-0.2, -0.15) is 4.80 Å². The molecule has 6 heteroatoms. The van der Waals surface area contributed by atoms with Gasteiger partial charge in [-0.05, 0) is 85.8 Å². The Balaban J connectivity index is 1.56. The highest BCUT2D eigenvalue weighted by molar-refractivity contribution is 6.05. The number of nitrogens with zero attached hydrogens (tertiary/aromatic N) is 4. The van der Waals surface area contributed by atoms with Gasteiger partial charge in [-0.1, -0.05) is 32.9 Å². The van der Waals surface area contributed by atoms with Gasteiger partial charge >= 0.3 is 0 Å². The summed E-state index contributed by atoms with van der Waals surface area (Å²) >= 11 is 0. The Morgan fingerprint density at radius 1 is 0.912 bits per heavy atom. The third kappa shape index (κ3) is 4.81. The van der Waals surface area contributed by atoms with Crippen molar-refractivity contribution >= 4 is 28.3 Å². The fraction of sp³-hybridized carbons (Fsp3) is 0.321. The molecular formula is C28H33N5O. The molecule has 0 spiro atoms. The van der Waals surface area contributed by atoms with Crippen LogP contribution in [0, 0.1) is 6.92 Å². The predicted octanol–water partition coefficient (Wildman–Crippen LogP) is 6.12. The topological polar surface area (TPSA) is 63.1 Å². The number of anilines is 2. The van der Waals surface area contributed by atoms with Crippen molar-refractivity contribution in [2.75, 3.05) is 23.3 Å². The van der Waals surface area contributed by atoms with Crippen LogP contribution in [0.5, 0.6) is 0 Å². The Bertz CT molecular complexity index is 1290. The lowest BCUT2D eigenvalue weighted by molar-refractivity contribution is 0.102. The minimum absolute atomic E-state index is 0.0498. The second-order valence-corrected chi connectivity index (χ2v) is 9.62. The molecule has 0 atom stereocenters. The van der Waals surface area contributed by atoms with Gasteiger partial charge in [0.15, 0.2) is 0 Å². The minimum Gasteiger partial charge on any atom is -0.372 e. The SMILES string of the molecule is CCN(CC)c1ccc(-n2nc3cc(C)c(NC(=O)c4ccc(C(C)(C)C)cc4)cc3n2)cc1. The second-order valence-electron chi connectivity index (χ2n) is 9.62. The van der Waals surface area contributed by atoms with Crippen molar-refractivity contribution in [2.24, 2.45) is 0 Å². The van der Waals surface area contributed by atoms with Crippen molar-refractivity contribution in [3.63, 3.8) is 0 Å². The molecule has 1 N–H and O–H groups in total. The Labute approximate surface area is 201 Å². The van der Waals surface area contributed by atoms with Crippen molar-refractivity contribution in [1.82, 2.24) is 15.0 Å². The predicted molar refractivity (Wildman–Crippen MR) is 140 cm³/mol. The van der Waals surface area contributed by atoms with E-state index in [9.17, 15) is 4.79 Å². The Morgan fingerprint density at radius 2 is 1.50 bits per heavy atom. The lowest BCUT2D eigenvalue weighted by Gasteiger charge is -2.20. The van der Waals surface area contributed by atoms with E-state index in [0.717, 1.165) is 41.1 Å². The number of carbonyl (C=O) groups excluding carboxylic acids is 1. The number of hydrogen-bond acceptors (Lipinski definition) is 4. The molecule has 3 aromatic carbocycles. The molecule has 1 aromatic heterocycles. The van der Waals surface area contributed by atoms with Crippen molar-refractivity contribution in [1.29, 1.82) is 0 Å². The zero-order valence-corrected chi connectivity index (χ0v) is 20.9. The first kappa shape index (κ1) is 23.5. The molecule has 0 unspecified atom stereocenters. The molecule has 0 aliphatic rings. The van der Waals surface area contributed by atoms with E-state index in [4.69, 9.17) is 0 Å². The molecule has 1 heterocycles. The van der Waals surface area contributed by atoms with E-state index in [0.29, 0.717) is 5.56 Å². The van der Waals surface area contributed by atoms with Crippen LogP contribution in [0.25, 0.3) is 16.7 Å². The number of amides is 1. The molecule has 4 rings (SSSR count). The largest absolute Gasteiger partial charge is 0.372 e. The monoisotopic (exact) mass is 455 g/mol. The van der Waals surface area contributed by atoms with Crippen LogP contribution in [-0.2, 0) is 5.41 Å². The zero-order chi connectivity index (χ0) is 24.5. The first-order chi connectivity index (χ1) is 16.2. The highest BCUT2D eigenvalue weighted by Crippen LogP contribution is 2.25. The quantitative estimate of drug-likeness (QED) is 0.380. The molecular weight excluding hydrogens is 422 g/mol. The lowest BCUT2D eigenvalue weighted by atomic mass is 9.87. The highest BCUT2D eigenvalue weighted by atomic mass is 16.1. The maximum absolute atomic E-state index is 12.9. The van der Waals surface area contributed by atoms with Gasteiger partial charge in [-0.25, -0.2) is 0 Å². The normalized spacial score (nSPS) is 11.6. The number of carbonyl (C=O) groups is 1. The molecule has 6 nitrogen and oxygen atoms in total. The number of rotatable bonds is 6. The first-order valence-corrected chi connectivity index (χ1v) is 11.8. The summed E-state index contributed by atoms with van der Waals surface area (Å²) in [5, 5.41) is 12.3. The summed E-state index contributed by atoms with van der Waals surface area (Å²) in [6.45, 7) is 14.7.